The zero-order valence-electron chi connectivity index (χ0n) is 10.9. The van der Waals surface area contributed by atoms with Crippen molar-refractivity contribution in [2.75, 3.05) is 7.11 Å². The van der Waals surface area contributed by atoms with Crippen molar-refractivity contribution in [2.45, 2.75) is 6.61 Å². The minimum atomic E-state index is -0.497. The largest absolute Gasteiger partial charge is 0.496 e. The van der Waals surface area contributed by atoms with E-state index in [-0.39, 0.29) is 12.4 Å². The topological polar surface area (TPSA) is 61.6 Å². The molecule has 2 aromatic rings. The van der Waals surface area contributed by atoms with Crippen LogP contribution < -0.4 is 15.2 Å². The van der Waals surface area contributed by atoms with Gasteiger partial charge in [0.1, 0.15) is 23.9 Å². The van der Waals surface area contributed by atoms with Crippen LogP contribution in [-0.4, -0.2) is 13.0 Å². The number of nitrogens with two attached hydrogens (primary N) is 1. The van der Waals surface area contributed by atoms with Crippen molar-refractivity contribution in [1.29, 1.82) is 0 Å². The second-order valence-corrected chi connectivity index (χ2v) is 4.13. The van der Waals surface area contributed by atoms with Gasteiger partial charge in [0, 0.05) is 11.1 Å². The smallest absolute Gasteiger partial charge is 0.248 e. The van der Waals surface area contributed by atoms with Gasteiger partial charge in [-0.25, -0.2) is 4.39 Å². The predicted octanol–water partition coefficient (Wildman–Crippen LogP) is 2.51. The number of primary amides is 1. The molecular weight excluding hydrogens is 261 g/mol. The van der Waals surface area contributed by atoms with E-state index in [0.717, 1.165) is 0 Å². The number of carbonyl (C=O) groups is 1. The van der Waals surface area contributed by atoms with Crippen molar-refractivity contribution < 1.29 is 18.7 Å². The maximum absolute atomic E-state index is 13.2. The van der Waals surface area contributed by atoms with Crippen LogP contribution in [0.3, 0.4) is 0 Å². The summed E-state index contributed by atoms with van der Waals surface area (Å²) in [6.07, 6.45) is 0. The zero-order chi connectivity index (χ0) is 14.5. The van der Waals surface area contributed by atoms with Gasteiger partial charge >= 0.3 is 0 Å². The summed E-state index contributed by atoms with van der Waals surface area (Å²) in [6.45, 7) is 0.164. The molecule has 20 heavy (non-hydrogen) atoms. The van der Waals surface area contributed by atoms with Crippen LogP contribution in [0, 0.1) is 5.82 Å². The molecule has 2 rings (SSSR count). The highest BCUT2D eigenvalue weighted by atomic mass is 19.1. The lowest BCUT2D eigenvalue weighted by Crippen LogP contribution is -2.10. The number of hydrogen-bond acceptors (Lipinski definition) is 3. The third-order valence-corrected chi connectivity index (χ3v) is 2.78. The molecule has 0 aromatic heterocycles. The van der Waals surface area contributed by atoms with E-state index in [1.165, 1.54) is 19.2 Å². The molecular formula is C15H14FNO3. The molecule has 0 aliphatic carbocycles. The Bertz CT molecular complexity index is 611. The first-order valence-electron chi connectivity index (χ1n) is 5.95. The van der Waals surface area contributed by atoms with Gasteiger partial charge in [0.25, 0.3) is 0 Å². The molecule has 2 N–H and O–H groups in total. The van der Waals surface area contributed by atoms with Crippen molar-refractivity contribution in [3.05, 3.63) is 59.4 Å². The number of benzene rings is 2. The van der Waals surface area contributed by atoms with Crippen molar-refractivity contribution in [3.63, 3.8) is 0 Å². The molecule has 2 aromatic carbocycles. The quantitative estimate of drug-likeness (QED) is 0.912. The molecule has 0 atom stereocenters. The molecule has 0 fully saturated rings. The molecule has 0 aliphatic heterocycles. The van der Waals surface area contributed by atoms with Gasteiger partial charge in [-0.05, 0) is 42.5 Å². The van der Waals surface area contributed by atoms with E-state index >= 15 is 0 Å². The number of methoxy groups -OCH3 is 1. The molecule has 0 heterocycles. The van der Waals surface area contributed by atoms with E-state index in [9.17, 15) is 9.18 Å². The first-order valence-corrected chi connectivity index (χ1v) is 5.95. The molecule has 104 valence electrons. The second kappa shape index (κ2) is 6.06. The maximum Gasteiger partial charge on any atom is 0.248 e. The number of hydrogen-bond donors (Lipinski definition) is 1. The monoisotopic (exact) mass is 275 g/mol. The van der Waals surface area contributed by atoms with E-state index in [4.69, 9.17) is 15.2 Å². The molecule has 1 amide bonds. The van der Waals surface area contributed by atoms with Crippen molar-refractivity contribution in [3.8, 4) is 11.5 Å². The fourth-order valence-electron chi connectivity index (χ4n) is 1.74. The molecule has 5 heteroatoms. The Morgan fingerprint density at radius 2 is 1.90 bits per heavy atom. The highest BCUT2D eigenvalue weighted by Gasteiger charge is 2.06. The van der Waals surface area contributed by atoms with E-state index < -0.39 is 5.91 Å². The van der Waals surface area contributed by atoms with Gasteiger partial charge in [0.05, 0.1) is 7.11 Å². The summed E-state index contributed by atoms with van der Waals surface area (Å²) in [7, 11) is 1.51. The number of amides is 1. The van der Waals surface area contributed by atoms with E-state index in [0.29, 0.717) is 22.6 Å². The summed E-state index contributed by atoms with van der Waals surface area (Å²) in [5.41, 5.74) is 6.15. The molecule has 0 saturated carbocycles. The molecule has 0 bridgehead atoms. The minimum absolute atomic E-state index is 0.164. The van der Waals surface area contributed by atoms with Gasteiger partial charge in [-0.15, -0.1) is 0 Å². The van der Waals surface area contributed by atoms with Crippen LogP contribution in [-0.2, 0) is 6.61 Å². The number of rotatable bonds is 5. The summed E-state index contributed by atoms with van der Waals surface area (Å²) in [6, 6.07) is 10.6. The first-order chi connectivity index (χ1) is 9.60. The van der Waals surface area contributed by atoms with Gasteiger partial charge in [0.15, 0.2) is 0 Å². The van der Waals surface area contributed by atoms with Crippen LogP contribution >= 0.6 is 0 Å². The lowest BCUT2D eigenvalue weighted by molar-refractivity contribution is 0.1000. The maximum atomic E-state index is 13.2. The average Bonchev–Trinajstić information content (AvgIpc) is 2.45. The summed E-state index contributed by atoms with van der Waals surface area (Å²) >= 11 is 0. The van der Waals surface area contributed by atoms with Crippen LogP contribution in [0.4, 0.5) is 4.39 Å². The van der Waals surface area contributed by atoms with Crippen LogP contribution in [0.1, 0.15) is 15.9 Å². The highest BCUT2D eigenvalue weighted by molar-refractivity contribution is 5.92. The predicted molar refractivity (Wildman–Crippen MR) is 72.2 cm³/mol. The van der Waals surface area contributed by atoms with Crippen molar-refractivity contribution in [2.24, 2.45) is 5.73 Å². The second-order valence-electron chi connectivity index (χ2n) is 4.13. The summed E-state index contributed by atoms with van der Waals surface area (Å²) in [4.78, 5) is 10.9. The Morgan fingerprint density at radius 3 is 2.50 bits per heavy atom. The van der Waals surface area contributed by atoms with Crippen LogP contribution in [0.2, 0.25) is 0 Å². The lowest BCUT2D eigenvalue weighted by atomic mass is 10.2. The Morgan fingerprint density at radius 1 is 1.20 bits per heavy atom. The third kappa shape index (κ3) is 3.26. The standard InChI is InChI=1S/C15H14FNO3/c1-19-14-7-4-12(16)8-11(14)9-20-13-5-2-10(3-6-13)15(17)18/h2-8H,9H2,1H3,(H2,17,18). The highest BCUT2D eigenvalue weighted by Crippen LogP contribution is 2.21. The molecule has 0 radical (unpaired) electrons. The van der Waals surface area contributed by atoms with Gasteiger partial charge in [-0.2, -0.15) is 0 Å². The lowest BCUT2D eigenvalue weighted by Gasteiger charge is -2.10. The fraction of sp³-hybridized carbons (Fsp3) is 0.133. The molecule has 0 unspecified atom stereocenters. The SMILES string of the molecule is COc1ccc(F)cc1COc1ccc(C(N)=O)cc1. The van der Waals surface area contributed by atoms with E-state index in [2.05, 4.69) is 0 Å². The number of ether oxygens (including phenoxy) is 2. The summed E-state index contributed by atoms with van der Waals surface area (Å²) in [5.74, 6) is 0.262. The van der Waals surface area contributed by atoms with Crippen LogP contribution in [0.15, 0.2) is 42.5 Å². The normalized spacial score (nSPS) is 10.1. The number of halogens is 1. The number of carbonyl (C=O) groups excluding carboxylic acids is 1. The zero-order valence-corrected chi connectivity index (χ0v) is 10.9. The van der Waals surface area contributed by atoms with Gasteiger partial charge < -0.3 is 15.2 Å². The molecule has 0 aliphatic rings. The van der Waals surface area contributed by atoms with Gasteiger partial charge in [0.2, 0.25) is 5.91 Å². The minimum Gasteiger partial charge on any atom is -0.496 e. The first kappa shape index (κ1) is 13.9. The molecule has 0 spiro atoms. The van der Waals surface area contributed by atoms with Crippen LogP contribution in [0.25, 0.3) is 0 Å². The Labute approximate surface area is 115 Å². The van der Waals surface area contributed by atoms with Crippen LogP contribution in [0.5, 0.6) is 11.5 Å². The Kier molecular flexibility index (Phi) is 4.20. The van der Waals surface area contributed by atoms with Gasteiger partial charge in [-0.1, -0.05) is 0 Å². The third-order valence-electron chi connectivity index (χ3n) is 2.78. The van der Waals surface area contributed by atoms with E-state index in [1.807, 2.05) is 0 Å². The summed E-state index contributed by atoms with van der Waals surface area (Å²) in [5, 5.41) is 0. The van der Waals surface area contributed by atoms with E-state index in [1.54, 1.807) is 30.3 Å². The summed E-state index contributed by atoms with van der Waals surface area (Å²) < 4.78 is 23.8. The van der Waals surface area contributed by atoms with Gasteiger partial charge in [-0.3, -0.25) is 4.79 Å². The average molecular weight is 275 g/mol. The van der Waals surface area contributed by atoms with Crippen molar-refractivity contribution >= 4 is 5.91 Å². The molecule has 0 saturated heterocycles. The Hall–Kier alpha value is -2.56. The van der Waals surface area contributed by atoms with Crippen molar-refractivity contribution in [1.82, 2.24) is 0 Å². The Balaban J connectivity index is 2.08. The fourth-order valence-corrected chi connectivity index (χ4v) is 1.74. The molecule has 4 nitrogen and oxygen atoms in total.